The Kier molecular flexibility index (Phi) is 4.63. The monoisotopic (exact) mass is 360 g/mol. The number of allylic oxidation sites excluding steroid dienone is 2. The molecule has 1 heterocycles. The van der Waals surface area contributed by atoms with Gasteiger partial charge in [-0.3, -0.25) is 9.59 Å². The van der Waals surface area contributed by atoms with E-state index in [1.807, 2.05) is 5.38 Å². The number of carbonyl (C=O) groups excluding carboxylic acids is 1. The number of anilines is 1. The number of nitrogens with zero attached hydrogens (tertiary/aromatic N) is 1. The Morgan fingerprint density at radius 2 is 1.68 bits per heavy atom. The molecule has 1 aromatic rings. The summed E-state index contributed by atoms with van der Waals surface area (Å²) in [4.78, 5) is 29.4. The second kappa shape index (κ2) is 6.90. The van der Waals surface area contributed by atoms with Crippen LogP contribution in [0.5, 0.6) is 0 Å². The van der Waals surface area contributed by atoms with Crippen LogP contribution in [0.2, 0.25) is 0 Å². The molecule has 1 aromatic heterocycles. The van der Waals surface area contributed by atoms with Gasteiger partial charge in [0.25, 0.3) is 0 Å². The van der Waals surface area contributed by atoms with Crippen LogP contribution in [0, 0.1) is 23.7 Å². The third-order valence-electron chi connectivity index (χ3n) is 6.23. The minimum absolute atomic E-state index is 0.0441. The Morgan fingerprint density at radius 1 is 1.04 bits per heavy atom. The Balaban J connectivity index is 1.73. The van der Waals surface area contributed by atoms with Crippen LogP contribution < -0.4 is 5.32 Å². The summed E-state index contributed by atoms with van der Waals surface area (Å²) in [5.74, 6) is -1.89. The highest BCUT2D eigenvalue weighted by molar-refractivity contribution is 7.13. The van der Waals surface area contributed by atoms with Crippen LogP contribution in [0.1, 0.15) is 51.4 Å². The van der Waals surface area contributed by atoms with Crippen LogP contribution >= 0.6 is 11.3 Å². The number of carbonyl (C=O) groups is 2. The summed E-state index contributed by atoms with van der Waals surface area (Å²) in [6.07, 6.45) is 10.0. The Labute approximate surface area is 151 Å². The van der Waals surface area contributed by atoms with E-state index >= 15 is 0 Å². The first-order valence-electron chi connectivity index (χ1n) is 9.32. The van der Waals surface area contributed by atoms with Crippen molar-refractivity contribution < 1.29 is 14.7 Å². The largest absolute Gasteiger partial charge is 0.481 e. The number of hydrogen-bond acceptors (Lipinski definition) is 4. The predicted octanol–water partition coefficient (Wildman–Crippen LogP) is 4.09. The van der Waals surface area contributed by atoms with Crippen LogP contribution in [0.3, 0.4) is 0 Å². The lowest BCUT2D eigenvalue weighted by molar-refractivity contribution is -0.150. The molecule has 0 aromatic carbocycles. The average molecular weight is 360 g/mol. The SMILES string of the molecule is O=C(O)[C@@H]1[C@H](C(=O)Nc2nccs2)[C@@H]2CCCCC2=C2CCCC[C@@H]21. The predicted molar refractivity (Wildman–Crippen MR) is 96.3 cm³/mol. The molecule has 0 saturated heterocycles. The third kappa shape index (κ3) is 3.01. The summed E-state index contributed by atoms with van der Waals surface area (Å²) in [6.45, 7) is 0. The van der Waals surface area contributed by atoms with Crippen molar-refractivity contribution in [3.05, 3.63) is 22.7 Å². The molecule has 2 saturated carbocycles. The van der Waals surface area contributed by atoms with Crippen molar-refractivity contribution in [2.24, 2.45) is 23.7 Å². The zero-order valence-electron chi connectivity index (χ0n) is 14.2. The van der Waals surface area contributed by atoms with E-state index < -0.39 is 17.8 Å². The van der Waals surface area contributed by atoms with Crippen molar-refractivity contribution >= 4 is 28.3 Å². The van der Waals surface area contributed by atoms with Crippen LogP contribution in [0.25, 0.3) is 0 Å². The fraction of sp³-hybridized carbons (Fsp3) is 0.632. The Morgan fingerprint density at radius 3 is 2.24 bits per heavy atom. The number of rotatable bonds is 3. The molecule has 5 nitrogen and oxygen atoms in total. The van der Waals surface area contributed by atoms with Gasteiger partial charge in [0.2, 0.25) is 5.91 Å². The number of amides is 1. The second-order valence-electron chi connectivity index (χ2n) is 7.47. The molecule has 0 radical (unpaired) electrons. The van der Waals surface area contributed by atoms with E-state index in [-0.39, 0.29) is 17.7 Å². The topological polar surface area (TPSA) is 79.3 Å². The van der Waals surface area contributed by atoms with Crippen LogP contribution in [0.15, 0.2) is 22.7 Å². The molecule has 2 fully saturated rings. The molecular weight excluding hydrogens is 336 g/mol. The van der Waals surface area contributed by atoms with Gasteiger partial charge in [-0.05, 0) is 50.4 Å². The average Bonchev–Trinajstić information content (AvgIpc) is 3.13. The molecule has 2 N–H and O–H groups in total. The van der Waals surface area contributed by atoms with Gasteiger partial charge in [0.05, 0.1) is 11.8 Å². The van der Waals surface area contributed by atoms with E-state index in [9.17, 15) is 14.7 Å². The van der Waals surface area contributed by atoms with E-state index in [0.717, 1.165) is 44.9 Å². The normalized spacial score (nSPS) is 31.8. The molecule has 1 amide bonds. The van der Waals surface area contributed by atoms with E-state index in [2.05, 4.69) is 10.3 Å². The van der Waals surface area contributed by atoms with Crippen molar-refractivity contribution in [3.63, 3.8) is 0 Å². The number of nitrogens with one attached hydrogen (secondary N) is 1. The fourth-order valence-electron chi connectivity index (χ4n) is 5.31. The number of carboxylic acids is 1. The number of hydrogen-bond donors (Lipinski definition) is 2. The zero-order chi connectivity index (χ0) is 17.4. The maximum absolute atomic E-state index is 13.1. The quantitative estimate of drug-likeness (QED) is 0.796. The maximum Gasteiger partial charge on any atom is 0.307 e. The first kappa shape index (κ1) is 16.8. The molecule has 25 heavy (non-hydrogen) atoms. The van der Waals surface area contributed by atoms with Crippen LogP contribution in [-0.2, 0) is 9.59 Å². The number of aromatic nitrogens is 1. The van der Waals surface area contributed by atoms with Crippen molar-refractivity contribution in [2.45, 2.75) is 51.4 Å². The summed E-state index contributed by atoms with van der Waals surface area (Å²) < 4.78 is 0. The van der Waals surface area contributed by atoms with E-state index in [1.54, 1.807) is 6.20 Å². The molecule has 4 rings (SSSR count). The molecule has 6 heteroatoms. The lowest BCUT2D eigenvalue weighted by Crippen LogP contribution is -2.48. The van der Waals surface area contributed by atoms with Crippen molar-refractivity contribution in [1.82, 2.24) is 4.98 Å². The highest BCUT2D eigenvalue weighted by Gasteiger charge is 2.51. The summed E-state index contributed by atoms with van der Waals surface area (Å²) >= 11 is 1.37. The molecule has 134 valence electrons. The Bertz CT molecular complexity index is 698. The summed E-state index contributed by atoms with van der Waals surface area (Å²) in [5.41, 5.74) is 2.81. The van der Waals surface area contributed by atoms with Gasteiger partial charge in [-0.25, -0.2) is 4.98 Å². The fourth-order valence-corrected chi connectivity index (χ4v) is 5.85. The minimum atomic E-state index is -0.812. The summed E-state index contributed by atoms with van der Waals surface area (Å²) in [6, 6.07) is 0. The molecular formula is C19H24N2O3S. The molecule has 0 aliphatic heterocycles. The molecule has 3 aliphatic carbocycles. The maximum atomic E-state index is 13.1. The highest BCUT2D eigenvalue weighted by atomic mass is 32.1. The van der Waals surface area contributed by atoms with Gasteiger partial charge in [0, 0.05) is 11.6 Å². The van der Waals surface area contributed by atoms with Crippen molar-refractivity contribution in [3.8, 4) is 0 Å². The molecule has 0 spiro atoms. The first-order chi connectivity index (χ1) is 12.2. The van der Waals surface area contributed by atoms with Gasteiger partial charge in [-0.15, -0.1) is 11.3 Å². The van der Waals surface area contributed by atoms with E-state index in [0.29, 0.717) is 5.13 Å². The second-order valence-corrected chi connectivity index (χ2v) is 8.37. The smallest absolute Gasteiger partial charge is 0.307 e. The Hall–Kier alpha value is -1.69. The van der Waals surface area contributed by atoms with Crippen molar-refractivity contribution in [1.29, 1.82) is 0 Å². The number of aliphatic carboxylic acids is 1. The van der Waals surface area contributed by atoms with Gasteiger partial charge in [0.15, 0.2) is 5.13 Å². The zero-order valence-corrected chi connectivity index (χ0v) is 15.1. The molecule has 0 bridgehead atoms. The standard InChI is InChI=1S/C19H24N2O3S/c22-17(21-19-20-9-10-25-19)15-13-7-3-1-5-11(13)12-6-2-4-8-14(12)16(15)18(23)24/h9-10,13-16H,1-8H2,(H,23,24)(H,20,21,22)/t13-,14+,15-,16+/m1/s1. The third-order valence-corrected chi connectivity index (χ3v) is 6.92. The highest BCUT2D eigenvalue weighted by Crippen LogP contribution is 2.53. The van der Waals surface area contributed by atoms with Crippen LogP contribution in [0.4, 0.5) is 5.13 Å². The van der Waals surface area contributed by atoms with Gasteiger partial charge >= 0.3 is 5.97 Å². The van der Waals surface area contributed by atoms with Crippen LogP contribution in [-0.4, -0.2) is 22.0 Å². The minimum Gasteiger partial charge on any atom is -0.481 e. The van der Waals surface area contributed by atoms with Crippen molar-refractivity contribution in [2.75, 3.05) is 5.32 Å². The number of carboxylic acid groups (broad SMARTS) is 1. The molecule has 0 unspecified atom stereocenters. The van der Waals surface area contributed by atoms with Gasteiger partial charge in [-0.2, -0.15) is 0 Å². The number of fused-ring (bicyclic) bond motifs is 2. The van der Waals surface area contributed by atoms with Gasteiger partial charge in [-0.1, -0.05) is 24.0 Å². The van der Waals surface area contributed by atoms with Gasteiger partial charge in [0.1, 0.15) is 0 Å². The lowest BCUT2D eigenvalue weighted by Gasteiger charge is -2.46. The molecule has 3 aliphatic rings. The number of thiazole rings is 1. The summed E-state index contributed by atoms with van der Waals surface area (Å²) in [7, 11) is 0. The molecule has 4 atom stereocenters. The summed E-state index contributed by atoms with van der Waals surface area (Å²) in [5, 5.41) is 15.3. The van der Waals surface area contributed by atoms with Gasteiger partial charge < -0.3 is 10.4 Å². The lowest BCUT2D eigenvalue weighted by atomic mass is 9.57. The van der Waals surface area contributed by atoms with E-state index in [4.69, 9.17) is 0 Å². The van der Waals surface area contributed by atoms with E-state index in [1.165, 1.54) is 28.9 Å². The first-order valence-corrected chi connectivity index (χ1v) is 10.2.